The molecule has 10 rings (SSSR count). The first-order chi connectivity index (χ1) is 31.8. The van der Waals surface area contributed by atoms with Gasteiger partial charge in [0.25, 0.3) is 17.4 Å². The van der Waals surface area contributed by atoms with Crippen molar-refractivity contribution in [2.45, 2.75) is 96.1 Å². The summed E-state index contributed by atoms with van der Waals surface area (Å²) < 4.78 is 28.7. The number of pyridine rings is 1. The molecule has 1 saturated carbocycles. The van der Waals surface area contributed by atoms with Crippen LogP contribution >= 0.6 is 11.6 Å². The van der Waals surface area contributed by atoms with E-state index in [9.17, 15) is 24.0 Å². The number of hydrogen-bond donors (Lipinski definition) is 4. The van der Waals surface area contributed by atoms with Gasteiger partial charge < -0.3 is 44.7 Å². The Morgan fingerprint density at radius 3 is 2.44 bits per heavy atom. The number of rotatable bonds is 11. The minimum atomic E-state index is -0.721. The van der Waals surface area contributed by atoms with Crippen molar-refractivity contribution >= 4 is 69.3 Å². The Labute approximate surface area is 386 Å². The Balaban J connectivity index is 0.000000177. The number of amides is 4. The van der Waals surface area contributed by atoms with E-state index in [0.717, 1.165) is 75.1 Å². The van der Waals surface area contributed by atoms with Crippen molar-refractivity contribution in [2.75, 3.05) is 68.0 Å². The molecule has 1 aliphatic carbocycles. The van der Waals surface area contributed by atoms with Crippen molar-refractivity contribution < 1.29 is 33.0 Å². The highest BCUT2D eigenvalue weighted by Gasteiger charge is 2.45. The number of benzene rings is 2. The average Bonchev–Trinajstić information content (AvgIpc) is 3.88. The first-order valence-electron chi connectivity index (χ1n) is 22.9. The smallest absolute Gasteiger partial charge is 0.293 e. The topological polar surface area (TPSA) is 192 Å². The Hall–Kier alpha value is -5.85. The van der Waals surface area contributed by atoms with E-state index in [1.165, 1.54) is 31.2 Å². The molecule has 1 unspecified atom stereocenters. The SMILES string of the molecule is CNC(=O)COc1cc2cc(Nc3nc(N4CCC(OC5CCC5)CC4)ncc3Cl)ccc2n(C(C)C)c1=O.O=C1CCC(N2Cc3c(ccc(N4CCC5(CNC5)C4)c3F)C2=O)C(=O)N1. The lowest BCUT2D eigenvalue weighted by Gasteiger charge is -2.39. The molecule has 0 bridgehead atoms. The molecule has 19 heteroatoms. The standard InChI is InChI=1S/C28H35ClN6O4.C19H21FN4O3/c1-17(2)35-23-8-7-19(13-18(23)14-24(27(35)37)38-16-25(36)30-3)32-26-22(29)15-31-28(33-26)34-11-9-21(10-12-34)39-20-5-4-6-20;20-16-12-7-24(14-3-4-15(25)22-17(14)26)18(27)11(12)1-2-13(16)23-6-5-19(10-23)8-21-9-19/h7-8,13-15,17,20-21H,4-6,9-12,16H2,1-3H3,(H,30,36)(H,31,32,33);1-2,14,21H,3-10H2,(H,22,25,26). The van der Waals surface area contributed by atoms with Crippen LogP contribution < -0.4 is 41.4 Å². The van der Waals surface area contributed by atoms with Gasteiger partial charge in [-0.3, -0.25) is 29.3 Å². The second-order valence-corrected chi connectivity index (χ2v) is 18.9. The molecule has 1 atom stereocenters. The zero-order valence-electron chi connectivity index (χ0n) is 37.5. The van der Waals surface area contributed by atoms with Crippen LogP contribution in [0.2, 0.25) is 5.02 Å². The van der Waals surface area contributed by atoms with E-state index in [-0.39, 0.29) is 72.3 Å². The molecule has 5 aliphatic heterocycles. The number of anilines is 4. The van der Waals surface area contributed by atoms with Gasteiger partial charge in [-0.15, -0.1) is 0 Å². The van der Waals surface area contributed by atoms with Crippen LogP contribution in [0.15, 0.2) is 47.4 Å². The number of ether oxygens (including phenoxy) is 2. The maximum atomic E-state index is 15.3. The Kier molecular flexibility index (Phi) is 12.9. The van der Waals surface area contributed by atoms with E-state index in [2.05, 4.69) is 36.1 Å². The summed E-state index contributed by atoms with van der Waals surface area (Å²) >= 11 is 6.47. The molecule has 1 spiro atoms. The van der Waals surface area contributed by atoms with Crippen LogP contribution in [0.1, 0.15) is 87.2 Å². The van der Waals surface area contributed by atoms with Gasteiger partial charge in [-0.2, -0.15) is 4.98 Å². The molecule has 5 fully saturated rings. The van der Waals surface area contributed by atoms with Crippen molar-refractivity contribution in [3.8, 4) is 5.75 Å². The largest absolute Gasteiger partial charge is 0.478 e. The highest BCUT2D eigenvalue weighted by Crippen LogP contribution is 2.40. The number of carbonyl (C=O) groups excluding carboxylic acids is 4. The van der Waals surface area contributed by atoms with Crippen molar-refractivity contribution in [2.24, 2.45) is 5.41 Å². The number of hydrogen-bond acceptors (Lipinski definition) is 13. The van der Waals surface area contributed by atoms with Crippen molar-refractivity contribution in [3.63, 3.8) is 0 Å². The van der Waals surface area contributed by atoms with Crippen LogP contribution in [0.25, 0.3) is 10.9 Å². The molecule has 6 aliphatic rings. The second kappa shape index (κ2) is 18.8. The highest BCUT2D eigenvalue weighted by molar-refractivity contribution is 6.33. The number of likely N-dealkylation sites (N-methyl/N-ethyl adjacent to an activating group) is 1. The molecule has 4 N–H and O–H groups in total. The molecule has 66 heavy (non-hydrogen) atoms. The van der Waals surface area contributed by atoms with Crippen LogP contribution in [0.3, 0.4) is 0 Å². The number of fused-ring (bicyclic) bond motifs is 2. The predicted octanol–water partition coefficient (Wildman–Crippen LogP) is 4.82. The zero-order chi connectivity index (χ0) is 46.3. The third-order valence-corrected chi connectivity index (χ3v) is 14.0. The molecule has 0 radical (unpaired) electrons. The van der Waals surface area contributed by atoms with E-state index in [0.29, 0.717) is 45.8 Å². The van der Waals surface area contributed by atoms with Gasteiger partial charge in [-0.05, 0) is 95.2 Å². The lowest BCUT2D eigenvalue weighted by atomic mass is 9.81. The summed E-state index contributed by atoms with van der Waals surface area (Å²) in [5.41, 5.74) is 2.68. The lowest BCUT2D eigenvalue weighted by molar-refractivity contribution is -0.137. The number of halogens is 2. The van der Waals surface area contributed by atoms with Gasteiger partial charge in [-0.25, -0.2) is 9.37 Å². The average molecular weight is 927 g/mol. The summed E-state index contributed by atoms with van der Waals surface area (Å²) in [6.45, 7) is 8.93. The van der Waals surface area contributed by atoms with E-state index in [4.69, 9.17) is 26.1 Å². The number of imide groups is 1. The van der Waals surface area contributed by atoms with Crippen molar-refractivity contribution in [1.82, 2.24) is 35.4 Å². The maximum absolute atomic E-state index is 15.3. The summed E-state index contributed by atoms with van der Waals surface area (Å²) in [6, 6.07) is 9.86. The Morgan fingerprint density at radius 1 is 1.00 bits per heavy atom. The zero-order valence-corrected chi connectivity index (χ0v) is 38.2. The van der Waals surface area contributed by atoms with Gasteiger partial charge in [0.05, 0.1) is 36.2 Å². The fourth-order valence-electron chi connectivity index (χ4n) is 9.68. The molecule has 4 amide bonds. The molecule has 2 aromatic carbocycles. The highest BCUT2D eigenvalue weighted by atomic mass is 35.5. The van der Waals surface area contributed by atoms with Gasteiger partial charge in [0.2, 0.25) is 17.8 Å². The van der Waals surface area contributed by atoms with E-state index in [1.807, 2.05) is 32.0 Å². The molecule has 4 saturated heterocycles. The van der Waals surface area contributed by atoms with E-state index >= 15 is 4.39 Å². The van der Waals surface area contributed by atoms with Gasteiger partial charge in [0, 0.05) is 86.4 Å². The van der Waals surface area contributed by atoms with Crippen LogP contribution in [-0.4, -0.2) is 114 Å². The number of carbonyl (C=O) groups is 4. The predicted molar refractivity (Wildman–Crippen MR) is 247 cm³/mol. The Bertz CT molecular complexity index is 2610. The maximum Gasteiger partial charge on any atom is 0.293 e. The summed E-state index contributed by atoms with van der Waals surface area (Å²) in [5, 5.41) is 12.5. The fraction of sp³-hybridized carbons (Fsp3) is 0.511. The lowest BCUT2D eigenvalue weighted by Crippen LogP contribution is -2.54. The minimum absolute atomic E-state index is 0.0701. The molecular formula is C47H56ClFN10O7. The number of piperidine rings is 2. The monoisotopic (exact) mass is 926 g/mol. The molecule has 4 aromatic rings. The fourth-order valence-corrected chi connectivity index (χ4v) is 9.82. The summed E-state index contributed by atoms with van der Waals surface area (Å²) in [6.07, 6.45) is 9.43. The second-order valence-electron chi connectivity index (χ2n) is 18.5. The molecular weight excluding hydrogens is 871 g/mol. The van der Waals surface area contributed by atoms with Gasteiger partial charge >= 0.3 is 0 Å². The van der Waals surface area contributed by atoms with Gasteiger partial charge in [0.15, 0.2) is 24.0 Å². The quantitative estimate of drug-likeness (QED) is 0.150. The van der Waals surface area contributed by atoms with Crippen LogP contribution in [-0.2, 0) is 25.7 Å². The Morgan fingerprint density at radius 2 is 1.77 bits per heavy atom. The molecule has 17 nitrogen and oxygen atoms in total. The summed E-state index contributed by atoms with van der Waals surface area (Å²) in [4.78, 5) is 75.8. The summed E-state index contributed by atoms with van der Waals surface area (Å²) in [7, 11) is 1.52. The third-order valence-electron chi connectivity index (χ3n) is 13.7. The molecule has 350 valence electrons. The molecule has 7 heterocycles. The summed E-state index contributed by atoms with van der Waals surface area (Å²) in [5.74, 6) is -0.583. The van der Waals surface area contributed by atoms with Crippen molar-refractivity contribution in [1.29, 1.82) is 0 Å². The number of nitrogens with zero attached hydrogens (tertiary/aromatic N) is 6. The minimum Gasteiger partial charge on any atom is -0.478 e. The first kappa shape index (κ1) is 45.3. The molecule has 2 aromatic heterocycles. The van der Waals surface area contributed by atoms with E-state index < -0.39 is 11.9 Å². The number of aromatic nitrogens is 3. The van der Waals surface area contributed by atoms with Crippen LogP contribution in [0.4, 0.5) is 27.5 Å². The normalized spacial score (nSPS) is 20.5. The van der Waals surface area contributed by atoms with E-state index in [1.54, 1.807) is 29.0 Å². The number of nitrogens with one attached hydrogen (secondary N) is 4. The van der Waals surface area contributed by atoms with Gasteiger partial charge in [0.1, 0.15) is 11.1 Å². The van der Waals surface area contributed by atoms with Crippen LogP contribution in [0.5, 0.6) is 5.75 Å². The van der Waals surface area contributed by atoms with Gasteiger partial charge in [-0.1, -0.05) is 11.6 Å². The first-order valence-corrected chi connectivity index (χ1v) is 23.3. The van der Waals surface area contributed by atoms with Crippen LogP contribution in [0, 0.1) is 11.2 Å². The van der Waals surface area contributed by atoms with Crippen molar-refractivity contribution in [3.05, 3.63) is 74.9 Å². The third kappa shape index (κ3) is 9.14.